The summed E-state index contributed by atoms with van der Waals surface area (Å²) in [5.74, 6) is 1.21. The third-order valence-corrected chi connectivity index (χ3v) is 4.65. The summed E-state index contributed by atoms with van der Waals surface area (Å²) in [5.41, 5.74) is 0.502. The highest BCUT2D eigenvalue weighted by molar-refractivity contribution is 7.98. The average Bonchev–Trinajstić information content (AvgIpc) is 2.37. The van der Waals surface area contributed by atoms with Gasteiger partial charge in [0, 0.05) is 19.8 Å². The van der Waals surface area contributed by atoms with Crippen molar-refractivity contribution in [2.75, 3.05) is 30.9 Å². The van der Waals surface area contributed by atoms with Crippen molar-refractivity contribution < 1.29 is 8.42 Å². The molecule has 0 aliphatic heterocycles. The minimum absolute atomic E-state index is 0.0452. The van der Waals surface area contributed by atoms with Crippen molar-refractivity contribution in [1.82, 2.24) is 9.71 Å². The highest BCUT2D eigenvalue weighted by atomic mass is 32.2. The maximum Gasteiger partial charge on any atom is 0.260 e. The van der Waals surface area contributed by atoms with Gasteiger partial charge in [-0.3, -0.25) is 0 Å². The Labute approximate surface area is 113 Å². The topological polar surface area (TPSA) is 71.1 Å². The Bertz CT molecular complexity index is 477. The quantitative estimate of drug-likeness (QED) is 0.794. The lowest BCUT2D eigenvalue weighted by molar-refractivity contribution is 0.559. The van der Waals surface area contributed by atoms with E-state index in [2.05, 4.69) is 15.0 Å². The Hall–Kier alpha value is -0.790. The maximum absolute atomic E-state index is 12.1. The standard InChI is InChI=1S/C11H19N3O2S2/c1-9(8-17-3)7-14-18(15,16)11-10(12-2)5-4-6-13-11/h4-6,9,12,14H,7-8H2,1-3H3. The van der Waals surface area contributed by atoms with Crippen molar-refractivity contribution in [2.24, 2.45) is 5.92 Å². The molecule has 0 aliphatic carbocycles. The second-order valence-corrected chi connectivity index (χ2v) is 6.61. The van der Waals surface area contributed by atoms with Crippen molar-refractivity contribution in [3.8, 4) is 0 Å². The van der Waals surface area contributed by atoms with Gasteiger partial charge >= 0.3 is 0 Å². The molecule has 0 fully saturated rings. The second-order valence-electron chi connectivity index (χ2n) is 4.02. The smallest absolute Gasteiger partial charge is 0.260 e. The summed E-state index contributed by atoms with van der Waals surface area (Å²) in [7, 11) is -1.88. The molecular weight excluding hydrogens is 270 g/mol. The van der Waals surface area contributed by atoms with Gasteiger partial charge in [0.25, 0.3) is 10.0 Å². The summed E-state index contributed by atoms with van der Waals surface area (Å²) in [4.78, 5) is 3.93. The van der Waals surface area contributed by atoms with E-state index in [0.717, 1.165) is 5.75 Å². The number of aromatic nitrogens is 1. The molecular formula is C11H19N3O2S2. The minimum atomic E-state index is -3.55. The zero-order chi connectivity index (χ0) is 13.6. The van der Waals surface area contributed by atoms with Gasteiger partial charge in [-0.05, 0) is 30.1 Å². The highest BCUT2D eigenvalue weighted by Crippen LogP contribution is 2.17. The molecule has 5 nitrogen and oxygen atoms in total. The molecule has 7 heteroatoms. The van der Waals surface area contributed by atoms with E-state index in [-0.39, 0.29) is 10.9 Å². The molecule has 1 unspecified atom stereocenters. The van der Waals surface area contributed by atoms with Crippen LogP contribution in [0.2, 0.25) is 0 Å². The second kappa shape index (κ2) is 6.96. The molecule has 2 N–H and O–H groups in total. The fourth-order valence-corrected chi connectivity index (χ4v) is 3.45. The van der Waals surface area contributed by atoms with E-state index in [9.17, 15) is 8.42 Å². The predicted molar refractivity (Wildman–Crippen MR) is 76.5 cm³/mol. The largest absolute Gasteiger partial charge is 0.386 e. The lowest BCUT2D eigenvalue weighted by Crippen LogP contribution is -2.30. The van der Waals surface area contributed by atoms with Gasteiger partial charge in [-0.25, -0.2) is 18.1 Å². The van der Waals surface area contributed by atoms with E-state index in [1.165, 1.54) is 6.20 Å². The van der Waals surface area contributed by atoms with Crippen LogP contribution in [0.15, 0.2) is 23.4 Å². The normalized spacial score (nSPS) is 13.3. The molecule has 1 aromatic heterocycles. The summed E-state index contributed by atoms with van der Waals surface area (Å²) >= 11 is 1.70. The Morgan fingerprint density at radius 1 is 1.50 bits per heavy atom. The van der Waals surface area contributed by atoms with Crippen LogP contribution in [0.5, 0.6) is 0 Å². The molecule has 0 radical (unpaired) electrons. The predicted octanol–water partition coefficient (Wildman–Crippen LogP) is 1.40. The number of anilines is 1. The number of rotatable bonds is 7. The molecule has 1 heterocycles. The number of pyridine rings is 1. The first-order valence-electron chi connectivity index (χ1n) is 5.62. The van der Waals surface area contributed by atoms with Crippen LogP contribution in [0.1, 0.15) is 6.92 Å². The fraction of sp³-hybridized carbons (Fsp3) is 0.545. The molecule has 1 aromatic rings. The Morgan fingerprint density at radius 2 is 2.22 bits per heavy atom. The van der Waals surface area contributed by atoms with E-state index in [4.69, 9.17) is 0 Å². The first kappa shape index (κ1) is 15.3. The van der Waals surface area contributed by atoms with Crippen LogP contribution in [-0.4, -0.2) is 39.0 Å². The zero-order valence-electron chi connectivity index (χ0n) is 10.8. The van der Waals surface area contributed by atoms with Gasteiger partial charge in [-0.1, -0.05) is 6.92 Å². The molecule has 0 spiro atoms. The van der Waals surface area contributed by atoms with Crippen molar-refractivity contribution in [3.63, 3.8) is 0 Å². The zero-order valence-corrected chi connectivity index (χ0v) is 12.4. The summed E-state index contributed by atoms with van der Waals surface area (Å²) in [6.45, 7) is 2.43. The summed E-state index contributed by atoms with van der Waals surface area (Å²) < 4.78 is 26.8. The third-order valence-electron chi connectivity index (χ3n) is 2.37. The van der Waals surface area contributed by atoms with Crippen LogP contribution < -0.4 is 10.0 Å². The van der Waals surface area contributed by atoms with Crippen molar-refractivity contribution in [1.29, 1.82) is 0 Å². The number of thioether (sulfide) groups is 1. The SMILES string of the molecule is CNc1cccnc1S(=O)(=O)NCC(C)CSC. The van der Waals surface area contributed by atoms with Crippen LogP contribution in [0.4, 0.5) is 5.69 Å². The Morgan fingerprint density at radius 3 is 2.83 bits per heavy atom. The van der Waals surface area contributed by atoms with Gasteiger partial charge in [0.2, 0.25) is 0 Å². The van der Waals surface area contributed by atoms with Gasteiger partial charge in [0.15, 0.2) is 5.03 Å². The number of sulfonamides is 1. The highest BCUT2D eigenvalue weighted by Gasteiger charge is 2.19. The summed E-state index contributed by atoms with van der Waals surface area (Å²) in [5, 5.41) is 2.87. The number of hydrogen-bond acceptors (Lipinski definition) is 5. The molecule has 0 aliphatic rings. The minimum Gasteiger partial charge on any atom is -0.386 e. The van der Waals surface area contributed by atoms with E-state index >= 15 is 0 Å². The Balaban J connectivity index is 2.80. The molecule has 0 bridgehead atoms. The fourth-order valence-electron chi connectivity index (χ4n) is 1.46. The molecule has 1 atom stereocenters. The van der Waals surface area contributed by atoms with E-state index < -0.39 is 10.0 Å². The first-order chi connectivity index (χ1) is 8.51. The monoisotopic (exact) mass is 289 g/mol. The third kappa shape index (κ3) is 4.15. The number of hydrogen-bond donors (Lipinski definition) is 2. The van der Waals surface area contributed by atoms with Crippen LogP contribution >= 0.6 is 11.8 Å². The average molecular weight is 289 g/mol. The van der Waals surface area contributed by atoms with Crippen LogP contribution in [0.3, 0.4) is 0 Å². The maximum atomic E-state index is 12.1. The van der Waals surface area contributed by atoms with E-state index in [1.807, 2.05) is 13.2 Å². The Kier molecular flexibility index (Phi) is 5.90. The summed E-state index contributed by atoms with van der Waals surface area (Å²) in [6, 6.07) is 3.38. The lowest BCUT2D eigenvalue weighted by Gasteiger charge is -2.13. The first-order valence-corrected chi connectivity index (χ1v) is 8.50. The van der Waals surface area contributed by atoms with Gasteiger partial charge in [-0.2, -0.15) is 11.8 Å². The number of nitrogens with zero attached hydrogens (tertiary/aromatic N) is 1. The van der Waals surface area contributed by atoms with Gasteiger partial charge < -0.3 is 5.32 Å². The van der Waals surface area contributed by atoms with Gasteiger partial charge in [0.1, 0.15) is 0 Å². The molecule has 102 valence electrons. The van der Waals surface area contributed by atoms with Crippen LogP contribution in [0.25, 0.3) is 0 Å². The molecule has 0 amide bonds. The van der Waals surface area contributed by atoms with Crippen molar-refractivity contribution >= 4 is 27.5 Å². The van der Waals surface area contributed by atoms with Crippen molar-refractivity contribution in [2.45, 2.75) is 11.9 Å². The van der Waals surface area contributed by atoms with Crippen molar-refractivity contribution in [3.05, 3.63) is 18.3 Å². The number of nitrogens with one attached hydrogen (secondary N) is 2. The van der Waals surface area contributed by atoms with Crippen LogP contribution in [-0.2, 0) is 10.0 Å². The molecule has 18 heavy (non-hydrogen) atoms. The van der Waals surface area contributed by atoms with Crippen LogP contribution in [0, 0.1) is 5.92 Å². The molecule has 0 saturated carbocycles. The lowest BCUT2D eigenvalue weighted by atomic mass is 10.2. The van der Waals surface area contributed by atoms with E-state index in [1.54, 1.807) is 30.9 Å². The van der Waals surface area contributed by atoms with Gasteiger partial charge in [-0.15, -0.1) is 0 Å². The molecule has 1 rings (SSSR count). The van der Waals surface area contributed by atoms with Gasteiger partial charge in [0.05, 0.1) is 5.69 Å². The molecule has 0 aromatic carbocycles. The van der Waals surface area contributed by atoms with E-state index in [0.29, 0.717) is 12.2 Å². The molecule has 0 saturated heterocycles. The summed E-state index contributed by atoms with van der Waals surface area (Å²) in [6.07, 6.45) is 3.48.